The van der Waals surface area contributed by atoms with Gasteiger partial charge in [0.2, 0.25) is 0 Å². The normalized spacial score (nSPS) is 11.5. The van der Waals surface area contributed by atoms with Gasteiger partial charge in [0, 0.05) is 38.1 Å². The molecule has 262 valence electrons. The number of nitrogens with zero attached hydrogens (tertiary/aromatic N) is 6. The van der Waals surface area contributed by atoms with Crippen LogP contribution in [0.25, 0.3) is 98.5 Å². The number of hydrogen-bond acceptors (Lipinski definition) is 2. The standard InChI is InChI=1S/C51H28N6/c1-54-34-25-27-47-41(29-34)50-48(56-45-21-9-5-16-38(45)40-28-32(30-52)24-26-46(40)56)22-11-23-49(50)57(47)51-33(31-53)12-10-17-39(51)37-15-4-8-20-44(37)55-42-18-6-2-13-35(42)36-14-3-7-19-43(36)55/h2-29H. The first-order valence-corrected chi connectivity index (χ1v) is 18.7. The van der Waals surface area contributed by atoms with E-state index in [1.807, 2.05) is 60.7 Å². The molecule has 0 aliphatic rings. The van der Waals surface area contributed by atoms with Gasteiger partial charge >= 0.3 is 0 Å². The van der Waals surface area contributed by atoms with Crippen molar-refractivity contribution in [3.63, 3.8) is 0 Å². The van der Waals surface area contributed by atoms with E-state index >= 15 is 0 Å². The molecule has 0 saturated heterocycles. The summed E-state index contributed by atoms with van der Waals surface area (Å²) in [5, 5.41) is 27.0. The molecule has 6 heteroatoms. The van der Waals surface area contributed by atoms with E-state index in [9.17, 15) is 10.5 Å². The van der Waals surface area contributed by atoms with Crippen molar-refractivity contribution in [2.45, 2.75) is 0 Å². The van der Waals surface area contributed by atoms with Crippen molar-refractivity contribution in [1.29, 1.82) is 10.5 Å². The maximum atomic E-state index is 10.9. The number of aromatic nitrogens is 3. The lowest BCUT2D eigenvalue weighted by molar-refractivity contribution is 1.15. The summed E-state index contributed by atoms with van der Waals surface area (Å²) in [6, 6.07) is 62.5. The highest BCUT2D eigenvalue weighted by Crippen LogP contribution is 2.45. The van der Waals surface area contributed by atoms with Gasteiger partial charge in [-0.2, -0.15) is 10.5 Å². The monoisotopic (exact) mass is 724 g/mol. The molecule has 0 spiro atoms. The van der Waals surface area contributed by atoms with Crippen molar-refractivity contribution >= 4 is 71.1 Å². The SMILES string of the molecule is [C-]#[N+]c1ccc2c(c1)c1c(-n3c4ccccc4c4cc(C#N)ccc43)cccc1n2-c1c(C#N)cccc1-c1ccccc1-n1c2ccccc2c2ccccc21. The van der Waals surface area contributed by atoms with Crippen LogP contribution in [0, 0.1) is 29.2 Å². The number of hydrogen-bond donors (Lipinski definition) is 0. The number of rotatable bonds is 4. The third-order valence-electron chi connectivity index (χ3n) is 11.3. The zero-order chi connectivity index (χ0) is 38.2. The van der Waals surface area contributed by atoms with E-state index in [-0.39, 0.29) is 0 Å². The highest BCUT2D eigenvalue weighted by Gasteiger charge is 2.24. The van der Waals surface area contributed by atoms with Crippen LogP contribution in [0.2, 0.25) is 0 Å². The van der Waals surface area contributed by atoms with E-state index in [1.54, 1.807) is 0 Å². The molecule has 0 aliphatic heterocycles. The minimum atomic E-state index is 0.530. The lowest BCUT2D eigenvalue weighted by atomic mass is 9.98. The lowest BCUT2D eigenvalue weighted by Crippen LogP contribution is -2.03. The first kappa shape index (κ1) is 32.1. The van der Waals surface area contributed by atoms with Crippen LogP contribution in [-0.2, 0) is 0 Å². The predicted molar refractivity (Wildman–Crippen MR) is 231 cm³/mol. The molecule has 0 saturated carbocycles. The van der Waals surface area contributed by atoms with Crippen LogP contribution in [0.15, 0.2) is 170 Å². The summed E-state index contributed by atoms with van der Waals surface area (Å²) < 4.78 is 6.80. The van der Waals surface area contributed by atoms with Crippen LogP contribution in [0.3, 0.4) is 0 Å². The Morgan fingerprint density at radius 1 is 0.421 bits per heavy atom. The van der Waals surface area contributed by atoms with Crippen LogP contribution in [0.1, 0.15) is 11.1 Å². The molecular weight excluding hydrogens is 697 g/mol. The van der Waals surface area contributed by atoms with Crippen LogP contribution in [0.4, 0.5) is 5.69 Å². The van der Waals surface area contributed by atoms with Gasteiger partial charge in [0.15, 0.2) is 5.69 Å². The molecular formula is C51H28N6. The second kappa shape index (κ2) is 12.3. The Morgan fingerprint density at radius 2 is 0.965 bits per heavy atom. The fraction of sp³-hybridized carbons (Fsp3) is 0. The molecule has 3 aromatic heterocycles. The summed E-state index contributed by atoms with van der Waals surface area (Å²) >= 11 is 0. The van der Waals surface area contributed by atoms with E-state index < -0.39 is 0 Å². The Kier molecular flexibility index (Phi) is 6.95. The van der Waals surface area contributed by atoms with Crippen molar-refractivity contribution in [2.75, 3.05) is 0 Å². The molecule has 0 atom stereocenters. The summed E-state index contributed by atoms with van der Waals surface area (Å²) in [6.07, 6.45) is 0. The Hall–Kier alpha value is -8.37. The fourth-order valence-corrected chi connectivity index (χ4v) is 9.01. The average molecular weight is 725 g/mol. The van der Waals surface area contributed by atoms with Crippen molar-refractivity contribution < 1.29 is 0 Å². The van der Waals surface area contributed by atoms with E-state index in [0.29, 0.717) is 16.8 Å². The third kappa shape index (κ3) is 4.55. The maximum Gasteiger partial charge on any atom is 0.188 e. The van der Waals surface area contributed by atoms with Crippen LogP contribution < -0.4 is 0 Å². The summed E-state index contributed by atoms with van der Waals surface area (Å²) in [6.45, 7) is 8.00. The van der Waals surface area contributed by atoms with E-state index in [0.717, 1.165) is 82.8 Å². The molecule has 11 rings (SSSR count). The Bertz CT molecular complexity index is 3580. The van der Waals surface area contributed by atoms with Crippen LogP contribution in [0.5, 0.6) is 0 Å². The predicted octanol–water partition coefficient (Wildman–Crippen LogP) is 12.9. The molecule has 0 unspecified atom stereocenters. The molecule has 0 aliphatic carbocycles. The van der Waals surface area contributed by atoms with Gasteiger partial charge < -0.3 is 13.7 Å². The zero-order valence-electron chi connectivity index (χ0n) is 30.3. The van der Waals surface area contributed by atoms with E-state index in [2.05, 4.69) is 140 Å². The quantitative estimate of drug-likeness (QED) is 0.170. The Morgan fingerprint density at radius 3 is 1.67 bits per heavy atom. The van der Waals surface area contributed by atoms with Gasteiger partial charge in [0.1, 0.15) is 6.07 Å². The number of para-hydroxylation sites is 5. The molecule has 3 heterocycles. The number of benzene rings is 8. The molecule has 0 radical (unpaired) electrons. The fourth-order valence-electron chi connectivity index (χ4n) is 9.01. The number of fused-ring (bicyclic) bond motifs is 9. The van der Waals surface area contributed by atoms with Crippen molar-refractivity contribution in [3.8, 4) is 40.3 Å². The van der Waals surface area contributed by atoms with Gasteiger partial charge in [-0.15, -0.1) is 0 Å². The third-order valence-corrected chi connectivity index (χ3v) is 11.3. The second-order valence-electron chi connectivity index (χ2n) is 14.2. The maximum absolute atomic E-state index is 10.9. The minimum Gasteiger partial charge on any atom is -0.309 e. The molecule has 6 nitrogen and oxygen atoms in total. The van der Waals surface area contributed by atoms with E-state index in [4.69, 9.17) is 6.57 Å². The smallest absolute Gasteiger partial charge is 0.188 e. The summed E-state index contributed by atoms with van der Waals surface area (Å²) in [4.78, 5) is 3.86. The average Bonchev–Trinajstić information content (AvgIpc) is 3.91. The van der Waals surface area contributed by atoms with Crippen molar-refractivity contribution in [1.82, 2.24) is 13.7 Å². The summed E-state index contributed by atoms with van der Waals surface area (Å²) in [5.74, 6) is 0. The zero-order valence-corrected chi connectivity index (χ0v) is 30.3. The van der Waals surface area contributed by atoms with Crippen LogP contribution >= 0.6 is 0 Å². The summed E-state index contributed by atoms with van der Waals surface area (Å²) in [7, 11) is 0. The molecule has 0 bridgehead atoms. The molecule has 0 N–H and O–H groups in total. The first-order chi connectivity index (χ1) is 28.2. The molecule has 0 fully saturated rings. The topological polar surface area (TPSA) is 66.7 Å². The Balaban J connectivity index is 1.26. The summed E-state index contributed by atoms with van der Waals surface area (Å²) in [5.41, 5.74) is 12.2. The van der Waals surface area contributed by atoms with Gasteiger partial charge in [0.05, 0.1) is 73.9 Å². The molecule has 8 aromatic carbocycles. The largest absolute Gasteiger partial charge is 0.309 e. The van der Waals surface area contributed by atoms with Crippen molar-refractivity contribution in [3.05, 3.63) is 192 Å². The van der Waals surface area contributed by atoms with E-state index in [1.165, 1.54) is 10.8 Å². The van der Waals surface area contributed by atoms with Gasteiger partial charge in [-0.05, 0) is 78.2 Å². The lowest BCUT2D eigenvalue weighted by Gasteiger charge is -2.19. The van der Waals surface area contributed by atoms with Gasteiger partial charge in [-0.3, -0.25) is 0 Å². The minimum absolute atomic E-state index is 0.530. The van der Waals surface area contributed by atoms with Crippen LogP contribution in [-0.4, -0.2) is 13.7 Å². The number of nitriles is 2. The van der Waals surface area contributed by atoms with Gasteiger partial charge in [-0.25, -0.2) is 4.85 Å². The van der Waals surface area contributed by atoms with Gasteiger partial charge in [-0.1, -0.05) is 97.1 Å². The molecule has 0 amide bonds. The van der Waals surface area contributed by atoms with Gasteiger partial charge in [0.25, 0.3) is 0 Å². The first-order valence-electron chi connectivity index (χ1n) is 18.7. The Labute approximate surface area is 326 Å². The van der Waals surface area contributed by atoms with Crippen molar-refractivity contribution in [2.24, 2.45) is 0 Å². The molecule has 11 aromatic rings. The highest BCUT2D eigenvalue weighted by atomic mass is 15.0. The highest BCUT2D eigenvalue weighted by molar-refractivity contribution is 6.18. The second-order valence-corrected chi connectivity index (χ2v) is 14.2. The molecule has 57 heavy (non-hydrogen) atoms.